The van der Waals surface area contributed by atoms with E-state index in [2.05, 4.69) is 27.4 Å². The van der Waals surface area contributed by atoms with Crippen molar-refractivity contribution in [3.8, 4) is 0 Å². The summed E-state index contributed by atoms with van der Waals surface area (Å²) in [5.41, 5.74) is 0. The largest absolute Gasteiger partial charge is 0.337 e. The predicted molar refractivity (Wildman–Crippen MR) is 57.7 cm³/mol. The molecule has 2 aromatic heterocycles. The summed E-state index contributed by atoms with van der Waals surface area (Å²) in [6.45, 7) is 6.11. The molecule has 0 saturated carbocycles. The van der Waals surface area contributed by atoms with Crippen LogP contribution in [-0.4, -0.2) is 26.2 Å². The molecule has 0 bridgehead atoms. The van der Waals surface area contributed by atoms with Crippen molar-refractivity contribution in [3.63, 3.8) is 0 Å². The number of nitrogens with zero attached hydrogens (tertiary/aromatic N) is 4. The third-order valence-corrected chi connectivity index (χ3v) is 2.21. The summed E-state index contributed by atoms with van der Waals surface area (Å²) in [6, 6.07) is 0. The Morgan fingerprint density at radius 3 is 3.06 bits per heavy atom. The first-order chi connectivity index (χ1) is 7.79. The molecule has 1 N–H and O–H groups in total. The molecule has 0 radical (unpaired) electrons. The molecule has 0 atom stereocenters. The van der Waals surface area contributed by atoms with Gasteiger partial charge in [0, 0.05) is 12.4 Å². The lowest BCUT2D eigenvalue weighted by Gasteiger charge is -2.04. The minimum absolute atomic E-state index is 0.571. The first-order valence-corrected chi connectivity index (χ1v) is 5.29. The Morgan fingerprint density at radius 2 is 2.38 bits per heavy atom. The number of imidazole rings is 1. The Bertz CT molecular complexity index is 448. The molecule has 0 aliphatic rings. The molecule has 2 heterocycles. The average molecular weight is 221 g/mol. The van der Waals surface area contributed by atoms with Gasteiger partial charge in [-0.2, -0.15) is 4.98 Å². The molecular formula is C10H15N5O. The van der Waals surface area contributed by atoms with Crippen molar-refractivity contribution in [2.24, 2.45) is 0 Å². The summed E-state index contributed by atoms with van der Waals surface area (Å²) >= 11 is 0. The molecule has 0 aliphatic carbocycles. The Kier molecular flexibility index (Phi) is 3.31. The van der Waals surface area contributed by atoms with Crippen LogP contribution in [0.4, 0.5) is 0 Å². The summed E-state index contributed by atoms with van der Waals surface area (Å²) < 4.78 is 7.06. The molecule has 0 unspecified atom stereocenters. The van der Waals surface area contributed by atoms with E-state index in [9.17, 15) is 0 Å². The molecule has 86 valence electrons. The molecule has 0 fully saturated rings. The van der Waals surface area contributed by atoms with E-state index < -0.39 is 0 Å². The molecule has 6 heteroatoms. The normalized spacial score (nSPS) is 10.9. The Labute approximate surface area is 93.7 Å². The van der Waals surface area contributed by atoms with Crippen molar-refractivity contribution in [2.45, 2.75) is 26.9 Å². The number of hydrogen-bond acceptors (Lipinski definition) is 5. The quantitative estimate of drug-likeness (QED) is 0.806. The van der Waals surface area contributed by atoms with Crippen LogP contribution in [0.15, 0.2) is 16.9 Å². The fourth-order valence-corrected chi connectivity index (χ4v) is 1.44. The third kappa shape index (κ3) is 2.46. The minimum Gasteiger partial charge on any atom is -0.337 e. The molecule has 0 spiro atoms. The van der Waals surface area contributed by atoms with Crippen molar-refractivity contribution < 1.29 is 4.52 Å². The first kappa shape index (κ1) is 10.8. The molecule has 0 saturated heterocycles. The van der Waals surface area contributed by atoms with Crippen LogP contribution in [0.25, 0.3) is 0 Å². The van der Waals surface area contributed by atoms with Crippen LogP contribution in [0.5, 0.6) is 0 Å². The number of aromatic nitrogens is 4. The first-order valence-electron chi connectivity index (χ1n) is 5.29. The van der Waals surface area contributed by atoms with Crippen LogP contribution in [0.2, 0.25) is 0 Å². The fourth-order valence-electron chi connectivity index (χ4n) is 1.44. The van der Waals surface area contributed by atoms with Gasteiger partial charge < -0.3 is 14.4 Å². The average Bonchev–Trinajstić information content (AvgIpc) is 2.86. The van der Waals surface area contributed by atoms with Gasteiger partial charge in [0.15, 0.2) is 5.82 Å². The summed E-state index contributed by atoms with van der Waals surface area (Å²) in [5.74, 6) is 2.23. The summed E-state index contributed by atoms with van der Waals surface area (Å²) in [6.07, 6.45) is 3.68. The van der Waals surface area contributed by atoms with Crippen molar-refractivity contribution >= 4 is 0 Å². The zero-order valence-electron chi connectivity index (χ0n) is 9.47. The molecule has 0 amide bonds. The van der Waals surface area contributed by atoms with Crippen LogP contribution < -0.4 is 5.32 Å². The highest BCUT2D eigenvalue weighted by Gasteiger charge is 2.07. The number of hydrogen-bond donors (Lipinski definition) is 1. The smallest absolute Gasteiger partial charge is 0.246 e. The maximum absolute atomic E-state index is 5.07. The van der Waals surface area contributed by atoms with E-state index in [0.717, 1.165) is 18.9 Å². The molecule has 2 aromatic rings. The minimum atomic E-state index is 0.571. The van der Waals surface area contributed by atoms with Gasteiger partial charge in [-0.15, -0.1) is 0 Å². The maximum Gasteiger partial charge on any atom is 0.246 e. The van der Waals surface area contributed by atoms with Crippen LogP contribution in [-0.2, 0) is 13.1 Å². The standard InChI is InChI=1S/C10H15N5O/c1-3-11-6-9-12-4-5-15(9)7-10-13-8(2)14-16-10/h4-5,11H,3,6-7H2,1-2H3. The van der Waals surface area contributed by atoms with Gasteiger partial charge in [0.2, 0.25) is 5.89 Å². The van der Waals surface area contributed by atoms with E-state index in [0.29, 0.717) is 18.3 Å². The van der Waals surface area contributed by atoms with E-state index in [1.165, 1.54) is 0 Å². The zero-order chi connectivity index (χ0) is 11.4. The van der Waals surface area contributed by atoms with Gasteiger partial charge in [0.1, 0.15) is 12.4 Å². The fraction of sp³-hybridized carbons (Fsp3) is 0.500. The van der Waals surface area contributed by atoms with Crippen LogP contribution in [0, 0.1) is 6.92 Å². The molecule has 0 aliphatic heterocycles. The van der Waals surface area contributed by atoms with E-state index in [1.54, 1.807) is 13.1 Å². The topological polar surface area (TPSA) is 68.8 Å². The second kappa shape index (κ2) is 4.89. The lowest BCUT2D eigenvalue weighted by Crippen LogP contribution is -2.16. The summed E-state index contributed by atoms with van der Waals surface area (Å²) in [5, 5.41) is 6.99. The Morgan fingerprint density at radius 1 is 1.50 bits per heavy atom. The highest BCUT2D eigenvalue weighted by Crippen LogP contribution is 2.03. The molecule has 0 aromatic carbocycles. The summed E-state index contributed by atoms with van der Waals surface area (Å²) in [7, 11) is 0. The highest BCUT2D eigenvalue weighted by molar-refractivity contribution is 4.95. The summed E-state index contributed by atoms with van der Waals surface area (Å²) in [4.78, 5) is 8.43. The molecule has 6 nitrogen and oxygen atoms in total. The number of nitrogens with one attached hydrogen (secondary N) is 1. The number of aryl methyl sites for hydroxylation is 1. The van der Waals surface area contributed by atoms with Crippen molar-refractivity contribution in [1.29, 1.82) is 0 Å². The number of rotatable bonds is 5. The second-order valence-electron chi connectivity index (χ2n) is 3.49. The lowest BCUT2D eigenvalue weighted by atomic mass is 10.5. The van der Waals surface area contributed by atoms with Crippen molar-refractivity contribution in [1.82, 2.24) is 25.0 Å². The predicted octanol–water partition coefficient (Wildman–Crippen LogP) is 0.732. The van der Waals surface area contributed by atoms with Gasteiger partial charge in [-0.05, 0) is 13.5 Å². The van der Waals surface area contributed by atoms with Crippen molar-refractivity contribution in [3.05, 3.63) is 29.9 Å². The Hall–Kier alpha value is -1.69. The second-order valence-corrected chi connectivity index (χ2v) is 3.49. The van der Waals surface area contributed by atoms with E-state index in [1.807, 2.05) is 10.8 Å². The highest BCUT2D eigenvalue weighted by atomic mass is 16.5. The molecule has 2 rings (SSSR count). The van der Waals surface area contributed by atoms with Gasteiger partial charge in [0.25, 0.3) is 0 Å². The van der Waals surface area contributed by atoms with Gasteiger partial charge >= 0.3 is 0 Å². The lowest BCUT2D eigenvalue weighted by molar-refractivity contribution is 0.365. The molecule has 16 heavy (non-hydrogen) atoms. The van der Waals surface area contributed by atoms with Crippen LogP contribution >= 0.6 is 0 Å². The Balaban J connectivity index is 2.06. The van der Waals surface area contributed by atoms with Gasteiger partial charge in [0.05, 0.1) is 6.54 Å². The van der Waals surface area contributed by atoms with Crippen LogP contribution in [0.1, 0.15) is 24.5 Å². The van der Waals surface area contributed by atoms with E-state index >= 15 is 0 Å². The monoisotopic (exact) mass is 221 g/mol. The van der Waals surface area contributed by atoms with E-state index in [-0.39, 0.29) is 0 Å². The maximum atomic E-state index is 5.07. The van der Waals surface area contributed by atoms with Crippen LogP contribution in [0.3, 0.4) is 0 Å². The van der Waals surface area contributed by atoms with Crippen molar-refractivity contribution in [2.75, 3.05) is 6.54 Å². The molecular weight excluding hydrogens is 206 g/mol. The van der Waals surface area contributed by atoms with E-state index in [4.69, 9.17) is 4.52 Å². The zero-order valence-corrected chi connectivity index (χ0v) is 9.47. The van der Waals surface area contributed by atoms with Gasteiger partial charge in [-0.3, -0.25) is 0 Å². The van der Waals surface area contributed by atoms with Gasteiger partial charge in [-0.25, -0.2) is 4.98 Å². The SMILES string of the molecule is CCNCc1nccn1Cc1nc(C)no1. The third-order valence-electron chi connectivity index (χ3n) is 2.21. The van der Waals surface area contributed by atoms with Gasteiger partial charge in [-0.1, -0.05) is 12.1 Å².